The number of thiophene rings is 1. The number of rotatable bonds is 8. The van der Waals surface area contributed by atoms with Crippen LogP contribution in [0.5, 0.6) is 11.5 Å². The fourth-order valence-electron chi connectivity index (χ4n) is 1.99. The number of ether oxygens (including phenoxy) is 3. The van der Waals surface area contributed by atoms with E-state index in [9.17, 15) is 18.4 Å². The Bertz CT molecular complexity index is 921. The van der Waals surface area contributed by atoms with Crippen LogP contribution in [0.2, 0.25) is 0 Å². The molecule has 0 aliphatic carbocycles. The number of halogens is 2. The molecule has 0 fully saturated rings. The van der Waals surface area contributed by atoms with Crippen molar-refractivity contribution >= 4 is 34.3 Å². The van der Waals surface area contributed by atoms with Crippen LogP contribution in [0.1, 0.15) is 11.1 Å². The zero-order chi connectivity index (χ0) is 20.5. The third kappa shape index (κ3) is 6.07. The van der Waals surface area contributed by atoms with E-state index in [-0.39, 0.29) is 11.5 Å². The highest BCUT2D eigenvalue weighted by Crippen LogP contribution is 2.29. The summed E-state index contributed by atoms with van der Waals surface area (Å²) in [6, 6.07) is 7.59. The van der Waals surface area contributed by atoms with Crippen LogP contribution in [-0.2, 0) is 14.3 Å². The van der Waals surface area contributed by atoms with E-state index in [1.165, 1.54) is 42.7 Å². The average molecular weight is 408 g/mol. The molecular formula is C18H14F2N2O5S. The second-order valence-corrected chi connectivity index (χ2v) is 5.97. The van der Waals surface area contributed by atoms with Crippen LogP contribution in [0, 0.1) is 11.3 Å². The van der Waals surface area contributed by atoms with Crippen molar-refractivity contribution in [3.63, 3.8) is 0 Å². The van der Waals surface area contributed by atoms with Crippen LogP contribution in [0.4, 0.5) is 13.8 Å². The maximum atomic E-state index is 12.3. The minimum atomic E-state index is -2.99. The molecule has 7 nitrogen and oxygen atoms in total. The minimum Gasteiger partial charge on any atom is -0.493 e. The van der Waals surface area contributed by atoms with Crippen molar-refractivity contribution in [2.75, 3.05) is 19.0 Å². The number of nitriles is 1. The highest BCUT2D eigenvalue weighted by molar-refractivity contribution is 7.14. The molecule has 1 aromatic carbocycles. The van der Waals surface area contributed by atoms with Crippen LogP contribution in [0.25, 0.3) is 6.08 Å². The molecule has 1 heterocycles. The Hall–Kier alpha value is -3.45. The molecule has 10 heteroatoms. The zero-order valence-corrected chi connectivity index (χ0v) is 15.3. The third-order valence-corrected chi connectivity index (χ3v) is 4.03. The van der Waals surface area contributed by atoms with Gasteiger partial charge in [0.1, 0.15) is 11.1 Å². The lowest BCUT2D eigenvalue weighted by atomic mass is 10.2. The van der Waals surface area contributed by atoms with Crippen molar-refractivity contribution in [2.45, 2.75) is 6.61 Å². The van der Waals surface area contributed by atoms with E-state index in [1.807, 2.05) is 6.07 Å². The molecule has 1 aromatic heterocycles. The average Bonchev–Trinajstić information content (AvgIpc) is 3.12. The topological polar surface area (TPSA) is 97.6 Å². The summed E-state index contributed by atoms with van der Waals surface area (Å²) >= 11 is 1.17. The Balaban J connectivity index is 1.89. The number of nitrogens with zero attached hydrogens (tertiary/aromatic N) is 1. The summed E-state index contributed by atoms with van der Waals surface area (Å²) in [5.74, 6) is -1.44. The van der Waals surface area contributed by atoms with Crippen molar-refractivity contribution in [3.05, 3.63) is 46.8 Å². The number of hydrogen-bond acceptors (Lipinski definition) is 7. The van der Waals surface area contributed by atoms with Crippen LogP contribution in [-0.4, -0.2) is 32.2 Å². The summed E-state index contributed by atoms with van der Waals surface area (Å²) in [5, 5.41) is 13.4. The summed E-state index contributed by atoms with van der Waals surface area (Å²) in [4.78, 5) is 23.5. The van der Waals surface area contributed by atoms with Gasteiger partial charge in [0.05, 0.1) is 12.7 Å². The van der Waals surface area contributed by atoms with Gasteiger partial charge in [-0.25, -0.2) is 4.79 Å². The van der Waals surface area contributed by atoms with Gasteiger partial charge in [0.25, 0.3) is 5.91 Å². The van der Waals surface area contributed by atoms with E-state index in [4.69, 9.17) is 14.7 Å². The van der Waals surface area contributed by atoms with E-state index in [0.717, 1.165) is 6.08 Å². The Morgan fingerprint density at radius 1 is 1.32 bits per heavy atom. The first-order valence-corrected chi connectivity index (χ1v) is 8.56. The van der Waals surface area contributed by atoms with Gasteiger partial charge in [-0.2, -0.15) is 14.0 Å². The maximum Gasteiger partial charge on any atom is 0.387 e. The van der Waals surface area contributed by atoms with E-state index in [0.29, 0.717) is 16.1 Å². The van der Waals surface area contributed by atoms with Crippen molar-refractivity contribution in [1.29, 1.82) is 5.26 Å². The minimum absolute atomic E-state index is 0.0689. The summed E-state index contributed by atoms with van der Waals surface area (Å²) in [6.45, 7) is -3.52. The molecule has 0 atom stereocenters. The lowest BCUT2D eigenvalue weighted by molar-refractivity contribution is -0.142. The number of nitrogens with one attached hydrogen (secondary N) is 1. The summed E-state index contributed by atoms with van der Waals surface area (Å²) in [6.07, 6.45) is 2.43. The fraction of sp³-hybridized carbons (Fsp3) is 0.167. The number of carbonyl (C=O) groups is 2. The van der Waals surface area contributed by atoms with Gasteiger partial charge in [-0.15, -0.1) is 11.3 Å². The second kappa shape index (κ2) is 10.0. The number of alkyl halides is 2. The summed E-state index contributed by atoms with van der Waals surface area (Å²) < 4.78 is 38.7. The number of anilines is 1. The molecule has 0 saturated carbocycles. The SMILES string of the molecule is COc1cc(/C=C/C(=O)OCC(=O)Nc2sccc2C#N)ccc1OC(F)F. The van der Waals surface area contributed by atoms with Gasteiger partial charge in [-0.1, -0.05) is 6.07 Å². The highest BCUT2D eigenvalue weighted by atomic mass is 32.1. The van der Waals surface area contributed by atoms with Gasteiger partial charge in [0.15, 0.2) is 18.1 Å². The molecule has 2 rings (SSSR count). The molecule has 0 unspecified atom stereocenters. The molecule has 146 valence electrons. The van der Waals surface area contributed by atoms with E-state index >= 15 is 0 Å². The number of benzene rings is 1. The Morgan fingerprint density at radius 2 is 2.11 bits per heavy atom. The largest absolute Gasteiger partial charge is 0.493 e. The van der Waals surface area contributed by atoms with E-state index in [2.05, 4.69) is 10.1 Å². The van der Waals surface area contributed by atoms with E-state index < -0.39 is 25.1 Å². The summed E-state index contributed by atoms with van der Waals surface area (Å²) in [5.41, 5.74) is 0.787. The predicted octanol–water partition coefficient (Wildman–Crippen LogP) is 3.42. The van der Waals surface area contributed by atoms with Gasteiger partial charge < -0.3 is 19.5 Å². The van der Waals surface area contributed by atoms with Crippen molar-refractivity contribution in [1.82, 2.24) is 0 Å². The maximum absolute atomic E-state index is 12.3. The van der Waals surface area contributed by atoms with Crippen molar-refractivity contribution < 1.29 is 32.6 Å². The van der Waals surface area contributed by atoms with Crippen LogP contribution >= 0.6 is 11.3 Å². The smallest absolute Gasteiger partial charge is 0.387 e. The summed E-state index contributed by atoms with van der Waals surface area (Å²) in [7, 11) is 1.29. The molecule has 28 heavy (non-hydrogen) atoms. The van der Waals surface area contributed by atoms with Crippen molar-refractivity contribution in [3.8, 4) is 17.6 Å². The van der Waals surface area contributed by atoms with Crippen LogP contribution in [0.3, 0.4) is 0 Å². The third-order valence-electron chi connectivity index (χ3n) is 3.20. The quantitative estimate of drug-likeness (QED) is 0.531. The lowest BCUT2D eigenvalue weighted by Crippen LogP contribution is -2.19. The Morgan fingerprint density at radius 3 is 2.79 bits per heavy atom. The molecule has 0 bridgehead atoms. The number of esters is 1. The number of methoxy groups -OCH3 is 1. The second-order valence-electron chi connectivity index (χ2n) is 5.05. The first kappa shape index (κ1) is 20.9. The predicted molar refractivity (Wildman–Crippen MR) is 97.3 cm³/mol. The number of carbonyl (C=O) groups excluding carboxylic acids is 2. The molecule has 0 aliphatic heterocycles. The molecule has 1 N–H and O–H groups in total. The number of hydrogen-bond donors (Lipinski definition) is 1. The Labute approximate surface area is 162 Å². The van der Waals surface area contributed by atoms with Crippen LogP contribution in [0.15, 0.2) is 35.7 Å². The highest BCUT2D eigenvalue weighted by Gasteiger charge is 2.11. The zero-order valence-electron chi connectivity index (χ0n) is 14.5. The van der Waals surface area contributed by atoms with Gasteiger partial charge in [0, 0.05) is 6.08 Å². The lowest BCUT2D eigenvalue weighted by Gasteiger charge is -2.10. The molecule has 1 amide bonds. The first-order valence-electron chi connectivity index (χ1n) is 7.68. The van der Waals surface area contributed by atoms with Gasteiger partial charge in [-0.3, -0.25) is 4.79 Å². The first-order chi connectivity index (χ1) is 13.4. The standard InChI is InChI=1S/C18H14F2N2O5S/c1-25-14-8-11(2-4-13(14)27-18(19)20)3-5-16(24)26-10-15(23)22-17-12(9-21)6-7-28-17/h2-8,18H,10H2,1H3,(H,22,23)/b5-3+. The molecular weight excluding hydrogens is 394 g/mol. The van der Waals surface area contributed by atoms with Gasteiger partial charge in [0.2, 0.25) is 0 Å². The van der Waals surface area contributed by atoms with E-state index in [1.54, 1.807) is 11.4 Å². The van der Waals surface area contributed by atoms with Gasteiger partial charge >= 0.3 is 12.6 Å². The Kier molecular flexibility index (Phi) is 7.47. The molecule has 2 aromatic rings. The number of amides is 1. The molecule has 0 spiro atoms. The molecule has 0 radical (unpaired) electrons. The van der Waals surface area contributed by atoms with Crippen molar-refractivity contribution in [2.24, 2.45) is 0 Å². The molecule has 0 saturated heterocycles. The normalized spacial score (nSPS) is 10.5. The molecule has 0 aliphatic rings. The monoisotopic (exact) mass is 408 g/mol. The van der Waals surface area contributed by atoms with Gasteiger partial charge in [-0.05, 0) is 35.2 Å². The van der Waals surface area contributed by atoms with Crippen LogP contribution < -0.4 is 14.8 Å². The fourth-order valence-corrected chi connectivity index (χ4v) is 2.74.